The van der Waals surface area contributed by atoms with Crippen molar-refractivity contribution in [2.75, 3.05) is 7.05 Å². The van der Waals surface area contributed by atoms with E-state index in [1.807, 2.05) is 0 Å². The molecule has 8 heteroatoms. The number of hydrogen-bond donors (Lipinski definition) is 1. The number of rotatable bonds is 4. The summed E-state index contributed by atoms with van der Waals surface area (Å²) in [5.74, 6) is 0. The molecule has 0 fully saturated rings. The molecule has 1 N–H and O–H groups in total. The van der Waals surface area contributed by atoms with Crippen molar-refractivity contribution in [3.8, 4) is 0 Å². The maximum Gasteiger partial charge on any atom is 0.416 e. The SMILES string of the molecule is CNS(=O)(=O)c1ccc(Cc2ccc(C(F)(F)F)cc2)c(Br)c1. The van der Waals surface area contributed by atoms with Crippen molar-refractivity contribution < 1.29 is 21.6 Å². The van der Waals surface area contributed by atoms with Gasteiger partial charge in [-0.2, -0.15) is 13.2 Å². The van der Waals surface area contributed by atoms with Crippen molar-refractivity contribution in [2.24, 2.45) is 0 Å². The molecule has 2 aromatic rings. The Morgan fingerprint density at radius 3 is 2.17 bits per heavy atom. The van der Waals surface area contributed by atoms with E-state index in [1.54, 1.807) is 6.07 Å². The van der Waals surface area contributed by atoms with Crippen LogP contribution in [0.15, 0.2) is 51.8 Å². The molecule has 2 rings (SSSR count). The van der Waals surface area contributed by atoms with E-state index in [1.165, 1.54) is 31.3 Å². The Labute approximate surface area is 140 Å². The summed E-state index contributed by atoms with van der Waals surface area (Å²) < 4.78 is 63.8. The third-order valence-corrected chi connectivity index (χ3v) is 5.43. The Morgan fingerprint density at radius 1 is 1.09 bits per heavy atom. The monoisotopic (exact) mass is 407 g/mol. The lowest BCUT2D eigenvalue weighted by molar-refractivity contribution is -0.137. The zero-order valence-corrected chi connectivity index (χ0v) is 14.4. The molecule has 0 spiro atoms. The Hall–Kier alpha value is -1.38. The topological polar surface area (TPSA) is 46.2 Å². The van der Waals surface area contributed by atoms with E-state index >= 15 is 0 Å². The molecule has 0 bridgehead atoms. The van der Waals surface area contributed by atoms with E-state index in [-0.39, 0.29) is 4.90 Å². The molecule has 0 aromatic heterocycles. The van der Waals surface area contributed by atoms with Crippen LogP contribution in [-0.4, -0.2) is 15.5 Å². The van der Waals surface area contributed by atoms with Crippen LogP contribution in [-0.2, 0) is 22.6 Å². The minimum atomic E-state index is -4.36. The average molecular weight is 408 g/mol. The zero-order valence-electron chi connectivity index (χ0n) is 12.0. The number of nitrogens with one attached hydrogen (secondary N) is 1. The van der Waals surface area contributed by atoms with E-state index in [9.17, 15) is 21.6 Å². The third kappa shape index (κ3) is 4.33. The Bertz CT molecular complexity index is 802. The van der Waals surface area contributed by atoms with Crippen molar-refractivity contribution in [3.05, 3.63) is 63.6 Å². The van der Waals surface area contributed by atoms with Gasteiger partial charge in [0.25, 0.3) is 0 Å². The predicted molar refractivity (Wildman–Crippen MR) is 84.6 cm³/mol. The molecule has 0 aliphatic carbocycles. The van der Waals surface area contributed by atoms with Gasteiger partial charge < -0.3 is 0 Å². The molecule has 124 valence electrons. The first-order chi connectivity index (χ1) is 10.6. The van der Waals surface area contributed by atoms with Crippen LogP contribution in [0.3, 0.4) is 0 Å². The zero-order chi connectivity index (χ0) is 17.3. The highest BCUT2D eigenvalue weighted by atomic mass is 79.9. The van der Waals surface area contributed by atoms with Crippen LogP contribution in [0.25, 0.3) is 0 Å². The highest BCUT2D eigenvalue weighted by Gasteiger charge is 2.29. The fourth-order valence-electron chi connectivity index (χ4n) is 1.99. The number of benzene rings is 2. The van der Waals surface area contributed by atoms with Crippen molar-refractivity contribution in [2.45, 2.75) is 17.5 Å². The van der Waals surface area contributed by atoms with Crippen LogP contribution in [0.4, 0.5) is 13.2 Å². The van der Waals surface area contributed by atoms with E-state index < -0.39 is 21.8 Å². The highest BCUT2D eigenvalue weighted by molar-refractivity contribution is 9.10. The molecule has 2 aromatic carbocycles. The van der Waals surface area contributed by atoms with Gasteiger partial charge in [-0.05, 0) is 48.9 Å². The van der Waals surface area contributed by atoms with Crippen LogP contribution in [0.2, 0.25) is 0 Å². The van der Waals surface area contributed by atoms with Gasteiger partial charge >= 0.3 is 6.18 Å². The van der Waals surface area contributed by atoms with E-state index in [0.717, 1.165) is 17.7 Å². The summed E-state index contributed by atoms with van der Waals surface area (Å²) in [7, 11) is -2.22. The van der Waals surface area contributed by atoms with Gasteiger partial charge in [-0.25, -0.2) is 13.1 Å². The summed E-state index contributed by atoms with van der Waals surface area (Å²) in [5, 5.41) is 0. The molecule has 0 atom stereocenters. The lowest BCUT2D eigenvalue weighted by Gasteiger charge is -2.10. The molecule has 0 unspecified atom stereocenters. The highest BCUT2D eigenvalue weighted by Crippen LogP contribution is 2.30. The molecule has 0 saturated heterocycles. The van der Waals surface area contributed by atoms with Gasteiger partial charge in [0.2, 0.25) is 10.0 Å². The Morgan fingerprint density at radius 2 is 1.70 bits per heavy atom. The second-order valence-electron chi connectivity index (χ2n) is 4.83. The minimum absolute atomic E-state index is 0.114. The molecule has 0 aliphatic rings. The smallest absolute Gasteiger partial charge is 0.214 e. The summed E-state index contributed by atoms with van der Waals surface area (Å²) in [4.78, 5) is 0.114. The van der Waals surface area contributed by atoms with Crippen LogP contribution < -0.4 is 4.72 Å². The lowest BCUT2D eigenvalue weighted by Crippen LogP contribution is -2.18. The summed E-state index contributed by atoms with van der Waals surface area (Å²) in [6.07, 6.45) is -3.97. The van der Waals surface area contributed by atoms with Crippen LogP contribution in [0, 0.1) is 0 Å². The first kappa shape index (κ1) is 18.0. The minimum Gasteiger partial charge on any atom is -0.214 e. The molecule has 0 heterocycles. The van der Waals surface area contributed by atoms with Gasteiger partial charge in [-0.15, -0.1) is 0 Å². The summed E-state index contributed by atoms with van der Waals surface area (Å²) in [6, 6.07) is 9.43. The largest absolute Gasteiger partial charge is 0.416 e. The van der Waals surface area contributed by atoms with Gasteiger partial charge in [0, 0.05) is 4.47 Å². The summed E-state index contributed by atoms with van der Waals surface area (Å²) >= 11 is 3.30. The fourth-order valence-corrected chi connectivity index (χ4v) is 3.41. The van der Waals surface area contributed by atoms with Gasteiger partial charge in [0.05, 0.1) is 10.5 Å². The molecular weight excluding hydrogens is 395 g/mol. The molecule has 3 nitrogen and oxygen atoms in total. The van der Waals surface area contributed by atoms with Crippen molar-refractivity contribution in [1.82, 2.24) is 4.72 Å². The predicted octanol–water partition coefficient (Wildman–Crippen LogP) is 3.97. The first-order valence-electron chi connectivity index (χ1n) is 6.51. The molecule has 0 aliphatic heterocycles. The average Bonchev–Trinajstić information content (AvgIpc) is 2.49. The number of halogens is 4. The maximum absolute atomic E-state index is 12.5. The summed E-state index contributed by atoms with van der Waals surface area (Å²) in [6.45, 7) is 0. The molecule has 0 amide bonds. The van der Waals surface area contributed by atoms with E-state index in [0.29, 0.717) is 16.5 Å². The molecule has 0 radical (unpaired) electrons. The lowest BCUT2D eigenvalue weighted by atomic mass is 10.0. The van der Waals surface area contributed by atoms with E-state index in [4.69, 9.17) is 0 Å². The molecular formula is C15H13BrF3NO2S. The van der Waals surface area contributed by atoms with Crippen molar-refractivity contribution in [3.63, 3.8) is 0 Å². The standard InChI is InChI=1S/C15H13BrF3NO2S/c1-20-23(21,22)13-7-4-11(14(16)9-13)8-10-2-5-12(6-3-10)15(17,18)19/h2-7,9,20H,8H2,1H3. The second kappa shape index (κ2) is 6.62. The normalized spacial score (nSPS) is 12.4. The molecule has 23 heavy (non-hydrogen) atoms. The first-order valence-corrected chi connectivity index (χ1v) is 8.79. The van der Waals surface area contributed by atoms with Crippen LogP contribution in [0.5, 0.6) is 0 Å². The quantitative estimate of drug-likeness (QED) is 0.833. The second-order valence-corrected chi connectivity index (χ2v) is 7.57. The van der Waals surface area contributed by atoms with Crippen LogP contribution >= 0.6 is 15.9 Å². The molecule has 0 saturated carbocycles. The fraction of sp³-hybridized carbons (Fsp3) is 0.200. The van der Waals surface area contributed by atoms with Crippen molar-refractivity contribution >= 4 is 26.0 Å². The Balaban J connectivity index is 2.24. The van der Waals surface area contributed by atoms with Crippen LogP contribution in [0.1, 0.15) is 16.7 Å². The number of sulfonamides is 1. The number of alkyl halides is 3. The Kier molecular flexibility index (Phi) is 5.17. The van der Waals surface area contributed by atoms with Gasteiger partial charge in [-0.1, -0.05) is 34.1 Å². The van der Waals surface area contributed by atoms with Gasteiger partial charge in [-0.3, -0.25) is 0 Å². The summed E-state index contributed by atoms with van der Waals surface area (Å²) in [5.41, 5.74) is 0.776. The number of hydrogen-bond acceptors (Lipinski definition) is 2. The van der Waals surface area contributed by atoms with Crippen molar-refractivity contribution in [1.29, 1.82) is 0 Å². The third-order valence-electron chi connectivity index (χ3n) is 3.28. The van der Waals surface area contributed by atoms with E-state index in [2.05, 4.69) is 20.7 Å². The van der Waals surface area contributed by atoms with Gasteiger partial charge in [0.15, 0.2) is 0 Å². The maximum atomic E-state index is 12.5. The van der Waals surface area contributed by atoms with Gasteiger partial charge in [0.1, 0.15) is 0 Å².